The highest BCUT2D eigenvalue weighted by Crippen LogP contribution is 2.26. The Labute approximate surface area is 155 Å². The molecule has 0 bridgehead atoms. The molecule has 0 radical (unpaired) electrons. The number of nitrogens with zero attached hydrogens (tertiary/aromatic N) is 1. The highest BCUT2D eigenvalue weighted by atomic mass is 35.5. The Bertz CT molecular complexity index is 710. The van der Waals surface area contributed by atoms with E-state index in [9.17, 15) is 14.4 Å². The second-order valence-corrected chi connectivity index (χ2v) is 7.12. The van der Waals surface area contributed by atoms with Crippen molar-refractivity contribution in [1.29, 1.82) is 0 Å². The fourth-order valence-corrected chi connectivity index (χ4v) is 3.65. The number of piperidine rings is 1. The van der Waals surface area contributed by atoms with Crippen molar-refractivity contribution in [2.75, 3.05) is 13.1 Å². The van der Waals surface area contributed by atoms with Gasteiger partial charge >= 0.3 is 0 Å². The minimum absolute atomic E-state index is 0.173. The first-order chi connectivity index (χ1) is 12.0. The first-order valence-corrected chi connectivity index (χ1v) is 9.07. The molecular weight excluding hydrogens is 365 g/mol. The van der Waals surface area contributed by atoms with Crippen molar-refractivity contribution in [3.05, 3.63) is 33.8 Å². The first-order valence-electron chi connectivity index (χ1n) is 8.31. The summed E-state index contributed by atoms with van der Waals surface area (Å²) in [5.74, 6) is -0.794. The van der Waals surface area contributed by atoms with Gasteiger partial charge in [-0.1, -0.05) is 23.2 Å². The molecule has 0 saturated carbocycles. The van der Waals surface area contributed by atoms with Gasteiger partial charge in [-0.2, -0.15) is 0 Å². The maximum Gasteiger partial charge on any atom is 0.256 e. The number of carbonyl (C=O) groups excluding carboxylic acids is 3. The molecule has 3 rings (SSSR count). The predicted molar refractivity (Wildman–Crippen MR) is 94.7 cm³/mol. The zero-order valence-electron chi connectivity index (χ0n) is 13.6. The smallest absolute Gasteiger partial charge is 0.256 e. The van der Waals surface area contributed by atoms with E-state index in [1.165, 1.54) is 11.0 Å². The summed E-state index contributed by atoms with van der Waals surface area (Å²) in [6.45, 7) is 1.10. The summed E-state index contributed by atoms with van der Waals surface area (Å²) in [5.41, 5.74) is 0.282. The monoisotopic (exact) mass is 383 g/mol. The largest absolute Gasteiger partial charge is 0.354 e. The molecule has 2 aliphatic heterocycles. The molecule has 2 unspecified atom stereocenters. The van der Waals surface area contributed by atoms with Crippen LogP contribution in [0.2, 0.25) is 10.0 Å². The fraction of sp³-hybridized carbons (Fsp3) is 0.471. The van der Waals surface area contributed by atoms with Gasteiger partial charge in [0, 0.05) is 18.1 Å². The molecular formula is C17H19Cl2N3O3. The van der Waals surface area contributed by atoms with Gasteiger partial charge in [-0.05, 0) is 43.9 Å². The van der Waals surface area contributed by atoms with E-state index < -0.39 is 12.1 Å². The Morgan fingerprint density at radius 3 is 2.76 bits per heavy atom. The molecule has 134 valence electrons. The number of nitrogens with one attached hydrogen (secondary N) is 2. The summed E-state index contributed by atoms with van der Waals surface area (Å²) < 4.78 is 0. The van der Waals surface area contributed by atoms with Gasteiger partial charge in [0.2, 0.25) is 11.8 Å². The van der Waals surface area contributed by atoms with Crippen LogP contribution in [-0.4, -0.2) is 47.8 Å². The Morgan fingerprint density at radius 1 is 1.20 bits per heavy atom. The van der Waals surface area contributed by atoms with Gasteiger partial charge in [0.15, 0.2) is 0 Å². The van der Waals surface area contributed by atoms with Crippen molar-refractivity contribution < 1.29 is 14.4 Å². The lowest BCUT2D eigenvalue weighted by molar-refractivity contribution is -0.132. The van der Waals surface area contributed by atoms with Gasteiger partial charge in [0.25, 0.3) is 5.91 Å². The lowest BCUT2D eigenvalue weighted by Crippen LogP contribution is -2.55. The average molecular weight is 384 g/mol. The van der Waals surface area contributed by atoms with Crippen molar-refractivity contribution in [2.45, 2.75) is 37.8 Å². The average Bonchev–Trinajstić information content (AvgIpc) is 3.08. The molecule has 0 aliphatic carbocycles. The van der Waals surface area contributed by atoms with E-state index in [1.807, 2.05) is 0 Å². The molecule has 8 heteroatoms. The summed E-state index contributed by atoms with van der Waals surface area (Å²) in [4.78, 5) is 38.8. The molecule has 6 nitrogen and oxygen atoms in total. The molecule has 3 amide bonds. The van der Waals surface area contributed by atoms with E-state index in [4.69, 9.17) is 23.2 Å². The van der Waals surface area contributed by atoms with Gasteiger partial charge in [0.05, 0.1) is 10.6 Å². The Hall–Kier alpha value is -1.79. The summed E-state index contributed by atoms with van der Waals surface area (Å²) in [5, 5.41) is 6.21. The van der Waals surface area contributed by atoms with E-state index in [2.05, 4.69) is 10.6 Å². The van der Waals surface area contributed by atoms with Crippen molar-refractivity contribution in [3.63, 3.8) is 0 Å². The third-order valence-corrected chi connectivity index (χ3v) is 5.14. The topological polar surface area (TPSA) is 78.5 Å². The van der Waals surface area contributed by atoms with E-state index in [0.29, 0.717) is 36.0 Å². The quantitative estimate of drug-likeness (QED) is 0.837. The van der Waals surface area contributed by atoms with Crippen LogP contribution in [0.5, 0.6) is 0 Å². The van der Waals surface area contributed by atoms with Gasteiger partial charge in [-0.3, -0.25) is 14.4 Å². The molecule has 2 aliphatic rings. The number of likely N-dealkylation sites (tertiary alicyclic amines) is 1. The number of hydrogen-bond donors (Lipinski definition) is 2. The van der Waals surface area contributed by atoms with E-state index in [0.717, 1.165) is 12.8 Å². The minimum atomic E-state index is -0.600. The van der Waals surface area contributed by atoms with Gasteiger partial charge < -0.3 is 15.5 Å². The molecule has 1 aromatic carbocycles. The Kier molecular flexibility index (Phi) is 5.49. The number of carbonyl (C=O) groups is 3. The maximum absolute atomic E-state index is 12.8. The zero-order chi connectivity index (χ0) is 18.0. The maximum atomic E-state index is 12.8. The number of rotatable bonds is 3. The van der Waals surface area contributed by atoms with Gasteiger partial charge in [-0.25, -0.2) is 0 Å². The second kappa shape index (κ2) is 7.62. The molecule has 2 N–H and O–H groups in total. The highest BCUT2D eigenvalue weighted by Gasteiger charge is 2.37. The van der Waals surface area contributed by atoms with Crippen LogP contribution in [0.4, 0.5) is 0 Å². The highest BCUT2D eigenvalue weighted by molar-refractivity contribution is 6.35. The van der Waals surface area contributed by atoms with Crippen LogP contribution < -0.4 is 10.6 Å². The van der Waals surface area contributed by atoms with E-state index in [-0.39, 0.29) is 23.3 Å². The third-order valence-electron chi connectivity index (χ3n) is 4.58. The summed E-state index contributed by atoms with van der Waals surface area (Å²) in [7, 11) is 0. The molecule has 25 heavy (non-hydrogen) atoms. The van der Waals surface area contributed by atoms with Crippen molar-refractivity contribution in [2.24, 2.45) is 0 Å². The van der Waals surface area contributed by atoms with Crippen LogP contribution in [0.1, 0.15) is 36.0 Å². The molecule has 2 saturated heterocycles. The number of benzene rings is 1. The van der Waals surface area contributed by atoms with Crippen molar-refractivity contribution >= 4 is 40.9 Å². The molecule has 0 aromatic heterocycles. The van der Waals surface area contributed by atoms with Crippen LogP contribution in [0, 0.1) is 0 Å². The van der Waals surface area contributed by atoms with Crippen molar-refractivity contribution in [1.82, 2.24) is 15.5 Å². The van der Waals surface area contributed by atoms with Crippen LogP contribution in [0.3, 0.4) is 0 Å². The summed E-state index contributed by atoms with van der Waals surface area (Å²) >= 11 is 12.1. The standard InChI is InChI=1S/C17H19Cl2N3O3/c18-10-5-6-12(19)11(9-10)17(25)22-8-2-4-14(22)16(24)21-13-3-1-7-20-15(13)23/h5-6,9,13-14H,1-4,7-8H2,(H,20,23)(H,21,24). The SMILES string of the molecule is O=C1NCCCC1NC(=O)C1CCCN1C(=O)c1cc(Cl)ccc1Cl. The summed E-state index contributed by atoms with van der Waals surface area (Å²) in [6.07, 6.45) is 2.71. The van der Waals surface area contributed by atoms with E-state index >= 15 is 0 Å². The van der Waals surface area contributed by atoms with Gasteiger partial charge in [0.1, 0.15) is 12.1 Å². The number of amides is 3. The van der Waals surface area contributed by atoms with Crippen LogP contribution in [0.15, 0.2) is 18.2 Å². The zero-order valence-corrected chi connectivity index (χ0v) is 15.1. The molecule has 2 atom stereocenters. The molecule has 2 fully saturated rings. The Morgan fingerprint density at radius 2 is 2.00 bits per heavy atom. The molecule has 1 aromatic rings. The second-order valence-electron chi connectivity index (χ2n) is 6.28. The summed E-state index contributed by atoms with van der Waals surface area (Å²) in [6, 6.07) is 3.55. The molecule has 0 spiro atoms. The lowest BCUT2D eigenvalue weighted by Gasteiger charge is -2.28. The van der Waals surface area contributed by atoms with Gasteiger partial charge in [-0.15, -0.1) is 0 Å². The van der Waals surface area contributed by atoms with Crippen LogP contribution in [-0.2, 0) is 9.59 Å². The lowest BCUT2D eigenvalue weighted by atomic mass is 10.1. The first kappa shape index (κ1) is 18.0. The van der Waals surface area contributed by atoms with E-state index in [1.54, 1.807) is 12.1 Å². The van der Waals surface area contributed by atoms with Crippen molar-refractivity contribution in [3.8, 4) is 0 Å². The number of halogens is 2. The normalized spacial score (nSPS) is 23.3. The van der Waals surface area contributed by atoms with Crippen LogP contribution >= 0.6 is 23.2 Å². The number of hydrogen-bond acceptors (Lipinski definition) is 3. The third kappa shape index (κ3) is 3.90. The minimum Gasteiger partial charge on any atom is -0.354 e. The fourth-order valence-electron chi connectivity index (χ4n) is 3.28. The van der Waals surface area contributed by atoms with Crippen LogP contribution in [0.25, 0.3) is 0 Å². The predicted octanol–water partition coefficient (Wildman–Crippen LogP) is 1.99. The Balaban J connectivity index is 1.73. The molecule has 2 heterocycles.